The molecule has 0 unspecified atom stereocenters. The number of halogens is 2. The molecule has 2 aliphatic rings. The summed E-state index contributed by atoms with van der Waals surface area (Å²) < 4.78 is 0. The molecule has 1 aliphatic heterocycles. The van der Waals surface area contributed by atoms with E-state index in [0.29, 0.717) is 12.0 Å². The van der Waals surface area contributed by atoms with Crippen LogP contribution in [-0.2, 0) is 0 Å². The number of rotatable bonds is 3. The Labute approximate surface area is 137 Å². The van der Waals surface area contributed by atoms with Crippen molar-refractivity contribution < 1.29 is 0 Å². The van der Waals surface area contributed by atoms with E-state index in [9.17, 15) is 0 Å². The highest BCUT2D eigenvalue weighted by Gasteiger charge is 2.33. The van der Waals surface area contributed by atoms with Crippen LogP contribution < -0.4 is 5.32 Å². The topological polar surface area (TPSA) is 15.3 Å². The van der Waals surface area contributed by atoms with Crippen LogP contribution in [-0.4, -0.2) is 31.1 Å². The molecule has 1 saturated heterocycles. The van der Waals surface area contributed by atoms with Crippen molar-refractivity contribution in [3.05, 3.63) is 33.8 Å². The van der Waals surface area contributed by atoms with Crippen molar-refractivity contribution in [2.24, 2.45) is 5.92 Å². The summed E-state index contributed by atoms with van der Waals surface area (Å²) in [6.07, 6.45) is 6.66. The first-order chi connectivity index (χ1) is 10.3. The van der Waals surface area contributed by atoms with Crippen LogP contribution in [0.15, 0.2) is 18.2 Å². The number of benzene rings is 1. The predicted octanol–water partition coefficient (Wildman–Crippen LogP) is 4.52. The van der Waals surface area contributed by atoms with E-state index in [0.717, 1.165) is 41.8 Å². The Kier molecular flexibility index (Phi) is 5.44. The van der Waals surface area contributed by atoms with Crippen LogP contribution in [0.4, 0.5) is 0 Å². The molecule has 0 spiro atoms. The first-order valence-corrected chi connectivity index (χ1v) is 8.91. The molecule has 0 radical (unpaired) electrons. The normalized spacial score (nSPS) is 23.1. The summed E-state index contributed by atoms with van der Waals surface area (Å²) >= 11 is 13.1. The molecule has 2 fully saturated rings. The second-order valence-corrected chi connectivity index (χ2v) is 7.08. The van der Waals surface area contributed by atoms with Gasteiger partial charge in [0.05, 0.1) is 0 Å². The van der Waals surface area contributed by atoms with Gasteiger partial charge in [-0.25, -0.2) is 0 Å². The van der Waals surface area contributed by atoms with Gasteiger partial charge in [-0.05, 0) is 30.9 Å². The number of hydrogen-bond donors (Lipinski definition) is 1. The lowest BCUT2D eigenvalue weighted by atomic mass is 9.80. The molecule has 1 saturated carbocycles. The molecule has 1 aromatic rings. The zero-order valence-electron chi connectivity index (χ0n) is 12.5. The van der Waals surface area contributed by atoms with Gasteiger partial charge in [0.2, 0.25) is 0 Å². The van der Waals surface area contributed by atoms with Crippen LogP contribution in [0.5, 0.6) is 0 Å². The molecule has 1 atom stereocenters. The Morgan fingerprint density at radius 2 is 1.62 bits per heavy atom. The monoisotopic (exact) mass is 326 g/mol. The molecule has 1 aliphatic carbocycles. The van der Waals surface area contributed by atoms with Crippen molar-refractivity contribution >= 4 is 23.2 Å². The van der Waals surface area contributed by atoms with Crippen molar-refractivity contribution in [3.8, 4) is 0 Å². The molecule has 1 heterocycles. The molecule has 0 amide bonds. The van der Waals surface area contributed by atoms with Gasteiger partial charge in [0.15, 0.2) is 0 Å². The average Bonchev–Trinajstić information content (AvgIpc) is 2.53. The van der Waals surface area contributed by atoms with E-state index in [4.69, 9.17) is 23.2 Å². The first kappa shape index (κ1) is 15.6. The van der Waals surface area contributed by atoms with Crippen molar-refractivity contribution in [2.75, 3.05) is 26.2 Å². The molecule has 0 aromatic heterocycles. The van der Waals surface area contributed by atoms with E-state index in [1.165, 1.54) is 32.1 Å². The molecule has 1 aromatic carbocycles. The fourth-order valence-electron chi connectivity index (χ4n) is 3.92. The van der Waals surface area contributed by atoms with E-state index in [2.05, 4.69) is 10.2 Å². The maximum atomic E-state index is 6.54. The Balaban J connectivity index is 1.94. The lowest BCUT2D eigenvalue weighted by Gasteiger charge is -2.41. The third-order valence-electron chi connectivity index (χ3n) is 4.94. The number of nitrogens with one attached hydrogen (secondary N) is 1. The van der Waals surface area contributed by atoms with Gasteiger partial charge in [0.1, 0.15) is 0 Å². The Morgan fingerprint density at radius 3 is 2.24 bits per heavy atom. The number of nitrogens with zero attached hydrogens (tertiary/aromatic N) is 1. The Morgan fingerprint density at radius 1 is 1.00 bits per heavy atom. The third-order valence-corrected chi connectivity index (χ3v) is 5.60. The summed E-state index contributed by atoms with van der Waals surface area (Å²) in [6.45, 7) is 4.29. The van der Waals surface area contributed by atoms with Gasteiger partial charge < -0.3 is 5.32 Å². The van der Waals surface area contributed by atoms with Crippen molar-refractivity contribution in [3.63, 3.8) is 0 Å². The van der Waals surface area contributed by atoms with Gasteiger partial charge in [0, 0.05) is 47.8 Å². The lowest BCUT2D eigenvalue weighted by molar-refractivity contribution is 0.103. The molecule has 4 heteroatoms. The van der Waals surface area contributed by atoms with Crippen LogP contribution in [0.2, 0.25) is 10.0 Å². The minimum Gasteiger partial charge on any atom is -0.314 e. The number of hydrogen-bond acceptors (Lipinski definition) is 2. The molecule has 0 bridgehead atoms. The van der Waals surface area contributed by atoms with E-state index in [1.54, 1.807) is 0 Å². The number of piperazine rings is 1. The maximum absolute atomic E-state index is 6.54. The summed E-state index contributed by atoms with van der Waals surface area (Å²) in [5.74, 6) is 0.689. The fraction of sp³-hybridized carbons (Fsp3) is 0.647. The van der Waals surface area contributed by atoms with Crippen molar-refractivity contribution in [1.29, 1.82) is 0 Å². The maximum Gasteiger partial charge on any atom is 0.0468 e. The van der Waals surface area contributed by atoms with Gasteiger partial charge >= 0.3 is 0 Å². The van der Waals surface area contributed by atoms with Crippen molar-refractivity contribution in [1.82, 2.24) is 10.2 Å². The lowest BCUT2D eigenvalue weighted by Crippen LogP contribution is -2.47. The van der Waals surface area contributed by atoms with Gasteiger partial charge in [-0.3, -0.25) is 4.90 Å². The van der Waals surface area contributed by atoms with Gasteiger partial charge in [-0.1, -0.05) is 48.5 Å². The second kappa shape index (κ2) is 7.32. The van der Waals surface area contributed by atoms with Gasteiger partial charge in [0.25, 0.3) is 0 Å². The molecule has 21 heavy (non-hydrogen) atoms. The average molecular weight is 327 g/mol. The predicted molar refractivity (Wildman–Crippen MR) is 90.2 cm³/mol. The highest BCUT2D eigenvalue weighted by atomic mass is 35.5. The van der Waals surface area contributed by atoms with E-state index in [-0.39, 0.29) is 0 Å². The second-order valence-electron chi connectivity index (χ2n) is 6.26. The molecular weight excluding hydrogens is 303 g/mol. The summed E-state index contributed by atoms with van der Waals surface area (Å²) in [4.78, 5) is 2.60. The summed E-state index contributed by atoms with van der Waals surface area (Å²) in [6, 6.07) is 6.31. The smallest absolute Gasteiger partial charge is 0.0468 e. The van der Waals surface area contributed by atoms with Crippen molar-refractivity contribution in [2.45, 2.75) is 38.1 Å². The van der Waals surface area contributed by atoms with Crippen LogP contribution in [0, 0.1) is 5.92 Å². The quantitative estimate of drug-likeness (QED) is 0.878. The summed E-state index contributed by atoms with van der Waals surface area (Å²) in [7, 11) is 0. The standard InChI is InChI=1S/C17H24Cl2N2/c18-14-7-4-8-15(19)16(14)17(13-5-2-1-3-6-13)21-11-9-20-10-12-21/h4,7-8,13,17,20H,1-3,5-6,9-12H2/t17-/m1/s1. The molecule has 116 valence electrons. The van der Waals surface area contributed by atoms with E-state index < -0.39 is 0 Å². The zero-order chi connectivity index (χ0) is 14.7. The summed E-state index contributed by atoms with van der Waals surface area (Å²) in [5, 5.41) is 5.11. The van der Waals surface area contributed by atoms with Crippen LogP contribution >= 0.6 is 23.2 Å². The fourth-order valence-corrected chi connectivity index (χ4v) is 4.54. The minimum atomic E-state index is 0.383. The first-order valence-electron chi connectivity index (χ1n) is 8.16. The molecule has 2 nitrogen and oxygen atoms in total. The third kappa shape index (κ3) is 3.56. The minimum absolute atomic E-state index is 0.383. The van der Waals surface area contributed by atoms with Crippen LogP contribution in [0.1, 0.15) is 43.7 Å². The van der Waals surface area contributed by atoms with E-state index >= 15 is 0 Å². The van der Waals surface area contributed by atoms with E-state index in [1.807, 2.05) is 18.2 Å². The molecule has 1 N–H and O–H groups in total. The van der Waals surface area contributed by atoms with Gasteiger partial charge in [-0.15, -0.1) is 0 Å². The summed E-state index contributed by atoms with van der Waals surface area (Å²) in [5.41, 5.74) is 1.16. The molecular formula is C17H24Cl2N2. The highest BCUT2D eigenvalue weighted by Crippen LogP contribution is 2.43. The van der Waals surface area contributed by atoms with Crippen LogP contribution in [0.3, 0.4) is 0 Å². The Hall–Kier alpha value is -0.280. The SMILES string of the molecule is Clc1cccc(Cl)c1[C@@H](C1CCCCC1)N1CCNCC1. The highest BCUT2D eigenvalue weighted by molar-refractivity contribution is 6.36. The van der Waals surface area contributed by atoms with Gasteiger partial charge in [-0.2, -0.15) is 0 Å². The molecule has 3 rings (SSSR count). The van der Waals surface area contributed by atoms with Crippen LogP contribution in [0.25, 0.3) is 0 Å². The largest absolute Gasteiger partial charge is 0.314 e. The zero-order valence-corrected chi connectivity index (χ0v) is 14.0. The Bertz CT molecular complexity index is 428.